The van der Waals surface area contributed by atoms with Crippen LogP contribution in [-0.4, -0.2) is 25.0 Å². The molecule has 0 aliphatic carbocycles. The van der Waals surface area contributed by atoms with Gasteiger partial charge in [-0.2, -0.15) is 0 Å². The second kappa shape index (κ2) is 6.88. The number of benzene rings is 2. The van der Waals surface area contributed by atoms with Crippen LogP contribution in [0.25, 0.3) is 0 Å². The number of halogens is 2. The van der Waals surface area contributed by atoms with Crippen LogP contribution in [0, 0.1) is 11.6 Å². The smallest absolute Gasteiger partial charge is 0.265 e. The first-order valence-corrected chi connectivity index (χ1v) is 7.83. The molecule has 7 heteroatoms. The normalized spacial score (nSPS) is 13.2. The van der Waals surface area contributed by atoms with E-state index in [1.54, 1.807) is 0 Å². The number of nitrogens with zero attached hydrogens (tertiary/aromatic N) is 1. The Morgan fingerprint density at radius 3 is 2.64 bits per heavy atom. The van der Waals surface area contributed by atoms with Gasteiger partial charge in [0.25, 0.3) is 11.8 Å². The lowest BCUT2D eigenvalue weighted by atomic mass is 10.1. The topological polar surface area (TPSA) is 58.6 Å². The summed E-state index contributed by atoms with van der Waals surface area (Å²) >= 11 is 0. The van der Waals surface area contributed by atoms with Crippen molar-refractivity contribution in [1.29, 1.82) is 0 Å². The number of hydrogen-bond acceptors (Lipinski definition) is 3. The predicted octanol–water partition coefficient (Wildman–Crippen LogP) is 3.35. The van der Waals surface area contributed by atoms with Crippen LogP contribution in [0.15, 0.2) is 36.4 Å². The van der Waals surface area contributed by atoms with E-state index < -0.39 is 17.5 Å². The lowest BCUT2D eigenvalue weighted by Gasteiger charge is -2.29. The zero-order chi connectivity index (χ0) is 18.0. The molecule has 5 nitrogen and oxygen atoms in total. The summed E-state index contributed by atoms with van der Waals surface area (Å²) in [7, 11) is 0. The average molecular weight is 346 g/mol. The lowest BCUT2D eigenvalue weighted by Crippen LogP contribution is -2.39. The maximum atomic E-state index is 14.3. The molecule has 1 N–H and O–H groups in total. The van der Waals surface area contributed by atoms with Crippen molar-refractivity contribution in [1.82, 2.24) is 0 Å². The van der Waals surface area contributed by atoms with Gasteiger partial charge < -0.3 is 15.0 Å². The van der Waals surface area contributed by atoms with Crippen LogP contribution in [0.2, 0.25) is 0 Å². The third kappa shape index (κ3) is 3.45. The first-order chi connectivity index (χ1) is 12.0. The van der Waals surface area contributed by atoms with Crippen molar-refractivity contribution in [2.45, 2.75) is 13.3 Å². The van der Waals surface area contributed by atoms with Gasteiger partial charge >= 0.3 is 0 Å². The highest BCUT2D eigenvalue weighted by molar-refractivity contribution is 6.05. The van der Waals surface area contributed by atoms with Crippen LogP contribution in [-0.2, 0) is 4.79 Å². The van der Waals surface area contributed by atoms with Crippen LogP contribution < -0.4 is 15.0 Å². The minimum Gasteiger partial charge on any atom is -0.481 e. The predicted molar refractivity (Wildman–Crippen MR) is 88.9 cm³/mol. The van der Waals surface area contributed by atoms with Crippen molar-refractivity contribution in [3.8, 4) is 5.75 Å². The number of rotatable bonds is 4. The molecule has 2 aromatic carbocycles. The van der Waals surface area contributed by atoms with Crippen molar-refractivity contribution >= 4 is 23.2 Å². The summed E-state index contributed by atoms with van der Waals surface area (Å²) in [5.41, 5.74) is 0.526. The summed E-state index contributed by atoms with van der Waals surface area (Å²) in [5.74, 6) is -1.70. The van der Waals surface area contributed by atoms with Gasteiger partial charge in [-0.15, -0.1) is 0 Å². The van der Waals surface area contributed by atoms with Gasteiger partial charge in [0.15, 0.2) is 12.4 Å². The Bertz CT molecular complexity index is 822. The maximum Gasteiger partial charge on any atom is 0.265 e. The second-order valence-corrected chi connectivity index (χ2v) is 5.59. The monoisotopic (exact) mass is 346 g/mol. The summed E-state index contributed by atoms with van der Waals surface area (Å²) in [5, 5.41) is 2.44. The molecular formula is C18H16F2N2O3. The largest absolute Gasteiger partial charge is 0.481 e. The third-order valence-electron chi connectivity index (χ3n) is 3.79. The molecule has 0 saturated heterocycles. The number of ether oxygens (including phenoxy) is 1. The molecule has 2 aromatic rings. The first-order valence-electron chi connectivity index (χ1n) is 7.83. The minimum absolute atomic E-state index is 0.0764. The number of hydrogen-bond donors (Lipinski definition) is 1. The molecule has 1 heterocycles. The highest BCUT2D eigenvalue weighted by Crippen LogP contribution is 2.36. The quantitative estimate of drug-likeness (QED) is 0.924. The lowest BCUT2D eigenvalue weighted by molar-refractivity contribution is -0.121. The van der Waals surface area contributed by atoms with E-state index >= 15 is 0 Å². The molecule has 0 saturated carbocycles. The van der Waals surface area contributed by atoms with Crippen LogP contribution in [0.3, 0.4) is 0 Å². The van der Waals surface area contributed by atoms with Gasteiger partial charge in [0.2, 0.25) is 0 Å². The number of carbonyl (C=O) groups is 2. The molecule has 0 aromatic heterocycles. The van der Waals surface area contributed by atoms with Crippen molar-refractivity contribution < 1.29 is 23.1 Å². The Hall–Kier alpha value is -2.96. The SMILES string of the molecule is CCCN1C(=O)COc2cc(F)c(NC(=O)c3ccc(F)cc3)cc21. The number of amides is 2. The number of carbonyl (C=O) groups excluding carboxylic acids is 2. The Morgan fingerprint density at radius 2 is 1.96 bits per heavy atom. The van der Waals surface area contributed by atoms with Gasteiger partial charge in [-0.25, -0.2) is 8.78 Å². The molecule has 0 atom stereocenters. The fraction of sp³-hybridized carbons (Fsp3) is 0.222. The van der Waals surface area contributed by atoms with E-state index in [9.17, 15) is 18.4 Å². The average Bonchev–Trinajstić information content (AvgIpc) is 2.59. The summed E-state index contributed by atoms with van der Waals surface area (Å²) in [6.07, 6.45) is 0.722. The number of anilines is 2. The highest BCUT2D eigenvalue weighted by Gasteiger charge is 2.27. The maximum absolute atomic E-state index is 14.3. The molecule has 25 heavy (non-hydrogen) atoms. The van der Waals surface area contributed by atoms with E-state index in [4.69, 9.17) is 4.74 Å². The summed E-state index contributed by atoms with van der Waals surface area (Å²) in [6.45, 7) is 2.24. The molecule has 2 amide bonds. The molecule has 0 unspecified atom stereocenters. The molecule has 3 rings (SSSR count). The van der Waals surface area contributed by atoms with E-state index in [-0.39, 0.29) is 29.5 Å². The van der Waals surface area contributed by atoms with E-state index in [0.29, 0.717) is 12.2 Å². The summed E-state index contributed by atoms with van der Waals surface area (Å²) in [4.78, 5) is 25.7. The molecule has 0 fully saturated rings. The number of nitrogens with one attached hydrogen (secondary N) is 1. The molecule has 0 spiro atoms. The molecular weight excluding hydrogens is 330 g/mol. The van der Waals surface area contributed by atoms with E-state index in [2.05, 4.69) is 5.32 Å². The van der Waals surface area contributed by atoms with Crippen LogP contribution in [0.5, 0.6) is 5.75 Å². The third-order valence-corrected chi connectivity index (χ3v) is 3.79. The highest BCUT2D eigenvalue weighted by atomic mass is 19.1. The van der Waals surface area contributed by atoms with Gasteiger partial charge in [0, 0.05) is 18.2 Å². The minimum atomic E-state index is -0.681. The van der Waals surface area contributed by atoms with E-state index in [0.717, 1.165) is 24.6 Å². The van der Waals surface area contributed by atoms with Crippen molar-refractivity contribution in [2.75, 3.05) is 23.4 Å². The standard InChI is InChI=1S/C18H16F2N2O3/c1-2-7-22-15-9-14(13(20)8-16(15)25-10-17(22)23)21-18(24)11-3-5-12(19)6-4-11/h3-6,8-9H,2,7,10H2,1H3,(H,21,24). The molecule has 0 bridgehead atoms. The van der Waals surface area contributed by atoms with Crippen molar-refractivity contribution in [3.05, 3.63) is 53.6 Å². The van der Waals surface area contributed by atoms with Gasteiger partial charge in [-0.05, 0) is 36.8 Å². The summed E-state index contributed by atoms with van der Waals surface area (Å²) < 4.78 is 32.5. The van der Waals surface area contributed by atoms with E-state index in [1.807, 2.05) is 6.92 Å². The Morgan fingerprint density at radius 1 is 1.24 bits per heavy atom. The fourth-order valence-corrected chi connectivity index (χ4v) is 2.58. The van der Waals surface area contributed by atoms with Crippen LogP contribution in [0.1, 0.15) is 23.7 Å². The second-order valence-electron chi connectivity index (χ2n) is 5.59. The molecule has 1 aliphatic rings. The fourth-order valence-electron chi connectivity index (χ4n) is 2.58. The number of fused-ring (bicyclic) bond motifs is 1. The zero-order valence-electron chi connectivity index (χ0n) is 13.5. The Kier molecular flexibility index (Phi) is 4.65. The summed E-state index contributed by atoms with van der Waals surface area (Å²) in [6, 6.07) is 7.42. The Balaban J connectivity index is 1.90. The molecule has 0 radical (unpaired) electrons. The van der Waals surface area contributed by atoms with Crippen LogP contribution in [0.4, 0.5) is 20.2 Å². The molecule has 130 valence electrons. The van der Waals surface area contributed by atoms with Gasteiger partial charge in [-0.1, -0.05) is 6.92 Å². The zero-order valence-corrected chi connectivity index (χ0v) is 13.5. The van der Waals surface area contributed by atoms with Gasteiger partial charge in [0.05, 0.1) is 11.4 Å². The van der Waals surface area contributed by atoms with Crippen molar-refractivity contribution in [3.63, 3.8) is 0 Å². The van der Waals surface area contributed by atoms with Gasteiger partial charge in [0.1, 0.15) is 11.6 Å². The first kappa shape index (κ1) is 16.9. The van der Waals surface area contributed by atoms with Crippen molar-refractivity contribution in [2.24, 2.45) is 0 Å². The van der Waals surface area contributed by atoms with Crippen LogP contribution >= 0.6 is 0 Å². The van der Waals surface area contributed by atoms with E-state index in [1.165, 1.54) is 23.1 Å². The molecule has 1 aliphatic heterocycles. The Labute approximate surface area is 143 Å². The van der Waals surface area contributed by atoms with Gasteiger partial charge in [-0.3, -0.25) is 9.59 Å².